The van der Waals surface area contributed by atoms with Crippen molar-refractivity contribution in [3.8, 4) is 0 Å². The Labute approximate surface area is 139 Å². The first-order chi connectivity index (χ1) is 10.0. The Morgan fingerprint density at radius 3 is 0.913 bits per heavy atom. The van der Waals surface area contributed by atoms with Gasteiger partial charge in [-0.25, -0.2) is 0 Å². The zero-order chi connectivity index (χ0) is 17.0. The second-order valence-electron chi connectivity index (χ2n) is 4.20. The number of nitrogens with zero attached hydrogens (tertiary/aromatic N) is 4. The predicted molar refractivity (Wildman–Crippen MR) is 72.7 cm³/mol. The van der Waals surface area contributed by atoms with Crippen molar-refractivity contribution in [2.45, 2.75) is 27.7 Å². The molecule has 0 aliphatic carbocycles. The molecule has 0 unspecified atom stereocenters. The SMILES string of the molecule is CC1=NO[B-](F)(F)ON=C(C)C(C)=NO[B-](F)(F)ON=C1C.[Ni]. The molecule has 15 heteroatoms. The molecule has 1 rings (SSSR count). The monoisotopic (exact) mass is 384 g/mol. The van der Waals surface area contributed by atoms with Gasteiger partial charge in [0, 0.05) is 16.5 Å². The summed E-state index contributed by atoms with van der Waals surface area (Å²) in [5.74, 6) is 0. The summed E-state index contributed by atoms with van der Waals surface area (Å²) >= 11 is 0. The standard InChI is InChI=1S/C8H12B2F4N4O4.Ni/c1-5-6(2)16-20-10(13,14)22-18-8(4)7(3)17-21-9(11,12)19-15-5;/h1-4H3;/q-2;. The molecule has 0 atom stereocenters. The van der Waals surface area contributed by atoms with Gasteiger partial charge in [-0.2, -0.15) is 0 Å². The van der Waals surface area contributed by atoms with Crippen LogP contribution in [0, 0.1) is 0 Å². The average molecular weight is 385 g/mol. The van der Waals surface area contributed by atoms with Gasteiger partial charge >= 0.3 is 14.2 Å². The first-order valence-corrected chi connectivity index (χ1v) is 5.94. The maximum Gasteiger partial charge on any atom is 0.766 e. The van der Waals surface area contributed by atoms with Crippen LogP contribution in [-0.2, 0) is 35.5 Å². The van der Waals surface area contributed by atoms with Crippen LogP contribution in [-0.4, -0.2) is 37.1 Å². The van der Waals surface area contributed by atoms with Crippen molar-refractivity contribution in [3.05, 3.63) is 0 Å². The molecule has 1 aliphatic heterocycles. The number of halogens is 4. The van der Waals surface area contributed by atoms with Gasteiger partial charge in [0.15, 0.2) is 0 Å². The topological polar surface area (TPSA) is 86.4 Å². The van der Waals surface area contributed by atoms with E-state index in [2.05, 4.69) is 39.6 Å². The van der Waals surface area contributed by atoms with Crippen LogP contribution >= 0.6 is 0 Å². The van der Waals surface area contributed by atoms with Gasteiger partial charge in [-0.05, 0) is 27.7 Å². The van der Waals surface area contributed by atoms with E-state index in [-0.39, 0.29) is 39.3 Å². The molecule has 0 aromatic heterocycles. The summed E-state index contributed by atoms with van der Waals surface area (Å²) in [6.45, 7) is 4.73. The summed E-state index contributed by atoms with van der Waals surface area (Å²) in [5, 5.41) is 12.1. The zero-order valence-corrected chi connectivity index (χ0v) is 13.4. The van der Waals surface area contributed by atoms with Gasteiger partial charge < -0.3 is 36.3 Å². The van der Waals surface area contributed by atoms with E-state index < -0.39 is 14.2 Å². The van der Waals surface area contributed by atoms with Crippen molar-refractivity contribution in [2.24, 2.45) is 20.6 Å². The first kappa shape index (κ1) is 21.2. The van der Waals surface area contributed by atoms with Crippen molar-refractivity contribution in [1.29, 1.82) is 0 Å². The number of oxime groups is 4. The predicted octanol–water partition coefficient (Wildman–Crippen LogP) is 2.32. The van der Waals surface area contributed by atoms with Crippen LogP contribution in [0.4, 0.5) is 17.3 Å². The Morgan fingerprint density at radius 2 is 0.739 bits per heavy atom. The molecule has 0 bridgehead atoms. The molecule has 0 aromatic rings. The van der Waals surface area contributed by atoms with E-state index in [1.165, 1.54) is 27.7 Å². The third kappa shape index (κ3) is 7.35. The molecule has 0 aromatic carbocycles. The van der Waals surface area contributed by atoms with Crippen LogP contribution in [0.2, 0.25) is 0 Å². The van der Waals surface area contributed by atoms with Gasteiger partial charge in [-0.15, -0.1) is 20.6 Å². The molecule has 1 aliphatic rings. The quantitative estimate of drug-likeness (QED) is 0.474. The molecule has 0 spiro atoms. The van der Waals surface area contributed by atoms with Crippen LogP contribution in [0.3, 0.4) is 0 Å². The third-order valence-corrected chi connectivity index (χ3v) is 2.30. The van der Waals surface area contributed by atoms with Crippen LogP contribution in [0.25, 0.3) is 0 Å². The maximum absolute atomic E-state index is 13.2. The average Bonchev–Trinajstić information content (AvgIpc) is 2.45. The fraction of sp³-hybridized carbons (Fsp3) is 0.500. The Balaban J connectivity index is 0.00000484. The fourth-order valence-electron chi connectivity index (χ4n) is 0.864. The molecule has 0 amide bonds. The summed E-state index contributed by atoms with van der Waals surface area (Å²) < 4.78 is 68.5. The molecular formula is C8H12B2F4N4NiO4-2. The van der Waals surface area contributed by atoms with Crippen molar-refractivity contribution >= 4 is 37.1 Å². The maximum atomic E-state index is 13.2. The van der Waals surface area contributed by atoms with Crippen LogP contribution in [0.15, 0.2) is 20.6 Å². The summed E-state index contributed by atoms with van der Waals surface area (Å²) in [6.07, 6.45) is 0. The second-order valence-corrected chi connectivity index (χ2v) is 4.20. The summed E-state index contributed by atoms with van der Waals surface area (Å²) in [4.78, 5) is 0. The van der Waals surface area contributed by atoms with E-state index in [9.17, 15) is 17.3 Å². The molecule has 0 fully saturated rings. The van der Waals surface area contributed by atoms with E-state index >= 15 is 0 Å². The Kier molecular flexibility index (Phi) is 7.55. The zero-order valence-electron chi connectivity index (χ0n) is 12.4. The molecule has 8 nitrogen and oxygen atoms in total. The van der Waals surface area contributed by atoms with Crippen LogP contribution in [0.5, 0.6) is 0 Å². The van der Waals surface area contributed by atoms with E-state index in [1.54, 1.807) is 0 Å². The smallest absolute Gasteiger partial charge is 0.519 e. The van der Waals surface area contributed by atoms with Gasteiger partial charge in [0.05, 0.1) is 22.8 Å². The number of rotatable bonds is 0. The van der Waals surface area contributed by atoms with E-state index in [0.29, 0.717) is 0 Å². The summed E-state index contributed by atoms with van der Waals surface area (Å²) in [7, 11) is -9.71. The van der Waals surface area contributed by atoms with Gasteiger partial charge in [0.2, 0.25) is 0 Å². The van der Waals surface area contributed by atoms with Crippen LogP contribution in [0.1, 0.15) is 27.7 Å². The molecule has 0 radical (unpaired) electrons. The molecule has 134 valence electrons. The van der Waals surface area contributed by atoms with E-state index in [1.807, 2.05) is 0 Å². The Morgan fingerprint density at radius 1 is 0.565 bits per heavy atom. The molecular weight excluding hydrogens is 372 g/mol. The largest absolute Gasteiger partial charge is 0.766 e. The Bertz CT molecular complexity index is 466. The van der Waals surface area contributed by atoms with Crippen molar-refractivity contribution in [2.75, 3.05) is 0 Å². The van der Waals surface area contributed by atoms with Crippen molar-refractivity contribution in [3.63, 3.8) is 0 Å². The minimum atomic E-state index is -4.85. The van der Waals surface area contributed by atoms with Crippen LogP contribution < -0.4 is 0 Å². The number of hydrogen-bond donors (Lipinski definition) is 0. The van der Waals surface area contributed by atoms with E-state index in [4.69, 9.17) is 0 Å². The first-order valence-electron chi connectivity index (χ1n) is 5.94. The van der Waals surface area contributed by atoms with Crippen molar-refractivity contribution in [1.82, 2.24) is 0 Å². The van der Waals surface area contributed by atoms with E-state index in [0.717, 1.165) is 0 Å². The number of hydrogen-bond acceptors (Lipinski definition) is 8. The molecule has 0 saturated heterocycles. The molecule has 0 N–H and O–H groups in total. The molecule has 0 saturated carbocycles. The second kappa shape index (κ2) is 8.18. The molecule has 1 heterocycles. The minimum absolute atomic E-state index is 0. The summed E-state index contributed by atoms with van der Waals surface area (Å²) in [5.41, 5.74) is -0.966. The minimum Gasteiger partial charge on any atom is -0.519 e. The molecule has 23 heavy (non-hydrogen) atoms. The van der Waals surface area contributed by atoms with Gasteiger partial charge in [0.1, 0.15) is 0 Å². The Hall–Kier alpha value is -1.78. The van der Waals surface area contributed by atoms with Gasteiger partial charge in [-0.1, -0.05) is 0 Å². The van der Waals surface area contributed by atoms with Gasteiger partial charge in [0.25, 0.3) is 0 Å². The van der Waals surface area contributed by atoms with Crippen molar-refractivity contribution < 1.29 is 52.8 Å². The fourth-order valence-corrected chi connectivity index (χ4v) is 0.864. The normalized spacial score (nSPS) is 21.2. The third-order valence-electron chi connectivity index (χ3n) is 2.30. The summed E-state index contributed by atoms with van der Waals surface area (Å²) in [6, 6.07) is 0. The van der Waals surface area contributed by atoms with Gasteiger partial charge in [-0.3, -0.25) is 0 Å².